The molecule has 1 unspecified atom stereocenters. The summed E-state index contributed by atoms with van der Waals surface area (Å²) < 4.78 is 0. The SMILES string of the molecule is O=C(O)C1CCc2c([nH]c3cc(Cl)c(Cl)cc23)C1. The zero-order valence-electron chi connectivity index (χ0n) is 9.46. The van der Waals surface area contributed by atoms with E-state index in [-0.39, 0.29) is 5.92 Å². The smallest absolute Gasteiger partial charge is 0.306 e. The minimum atomic E-state index is -0.727. The zero-order chi connectivity index (χ0) is 12.9. The second kappa shape index (κ2) is 4.18. The molecular formula is C13H11Cl2NO2. The lowest BCUT2D eigenvalue weighted by atomic mass is 9.87. The average Bonchev–Trinajstić information content (AvgIpc) is 2.66. The summed E-state index contributed by atoms with van der Waals surface area (Å²) in [5.74, 6) is -1.02. The fourth-order valence-electron chi connectivity index (χ4n) is 2.64. The third-order valence-corrected chi connectivity index (χ3v) is 4.30. The van der Waals surface area contributed by atoms with Crippen LogP contribution < -0.4 is 0 Å². The van der Waals surface area contributed by atoms with Crippen LogP contribution in [0.3, 0.4) is 0 Å². The van der Waals surface area contributed by atoms with Gasteiger partial charge < -0.3 is 10.1 Å². The lowest BCUT2D eigenvalue weighted by molar-refractivity contribution is -0.142. The van der Waals surface area contributed by atoms with E-state index in [4.69, 9.17) is 28.3 Å². The highest BCUT2D eigenvalue weighted by Crippen LogP contribution is 2.35. The van der Waals surface area contributed by atoms with Crippen LogP contribution in [0.4, 0.5) is 0 Å². The highest BCUT2D eigenvalue weighted by Gasteiger charge is 2.27. The first-order valence-corrected chi connectivity index (χ1v) is 6.53. The predicted octanol–water partition coefficient (Wildman–Crippen LogP) is 3.66. The van der Waals surface area contributed by atoms with E-state index in [9.17, 15) is 4.79 Å². The molecule has 3 nitrogen and oxygen atoms in total. The molecule has 94 valence electrons. The maximum atomic E-state index is 11.0. The van der Waals surface area contributed by atoms with Crippen molar-refractivity contribution in [3.63, 3.8) is 0 Å². The highest BCUT2D eigenvalue weighted by atomic mass is 35.5. The van der Waals surface area contributed by atoms with Crippen molar-refractivity contribution in [1.29, 1.82) is 0 Å². The van der Waals surface area contributed by atoms with E-state index in [2.05, 4.69) is 4.98 Å². The molecule has 1 aliphatic carbocycles. The normalized spacial score (nSPS) is 18.9. The Balaban J connectivity index is 2.13. The number of aliphatic carboxylic acids is 1. The van der Waals surface area contributed by atoms with Crippen LogP contribution in [0.1, 0.15) is 17.7 Å². The van der Waals surface area contributed by atoms with Crippen molar-refractivity contribution in [2.75, 3.05) is 0 Å². The molecule has 0 bridgehead atoms. The Hall–Kier alpha value is -1.19. The molecule has 0 aliphatic heterocycles. The number of hydrogen-bond donors (Lipinski definition) is 2. The number of hydrogen-bond acceptors (Lipinski definition) is 1. The largest absolute Gasteiger partial charge is 0.481 e. The number of halogens is 2. The van der Waals surface area contributed by atoms with Crippen LogP contribution in [0.15, 0.2) is 12.1 Å². The van der Waals surface area contributed by atoms with Gasteiger partial charge in [0.2, 0.25) is 0 Å². The van der Waals surface area contributed by atoms with Crippen molar-refractivity contribution in [2.24, 2.45) is 5.92 Å². The van der Waals surface area contributed by atoms with Gasteiger partial charge in [0.1, 0.15) is 0 Å². The Labute approximate surface area is 114 Å². The Morgan fingerprint density at radius 1 is 1.33 bits per heavy atom. The maximum absolute atomic E-state index is 11.0. The molecule has 5 heteroatoms. The molecule has 1 aliphatic rings. The van der Waals surface area contributed by atoms with Gasteiger partial charge in [-0.15, -0.1) is 0 Å². The molecule has 0 fully saturated rings. The highest BCUT2D eigenvalue weighted by molar-refractivity contribution is 6.42. The van der Waals surface area contributed by atoms with Crippen molar-refractivity contribution >= 4 is 40.1 Å². The van der Waals surface area contributed by atoms with Gasteiger partial charge in [0.25, 0.3) is 0 Å². The van der Waals surface area contributed by atoms with Gasteiger partial charge in [0.15, 0.2) is 0 Å². The van der Waals surface area contributed by atoms with Gasteiger partial charge in [0.05, 0.1) is 16.0 Å². The van der Waals surface area contributed by atoms with Gasteiger partial charge in [-0.2, -0.15) is 0 Å². The fraction of sp³-hybridized carbons (Fsp3) is 0.308. The maximum Gasteiger partial charge on any atom is 0.306 e. The molecule has 0 saturated carbocycles. The van der Waals surface area contributed by atoms with Crippen molar-refractivity contribution in [3.8, 4) is 0 Å². The summed E-state index contributed by atoms with van der Waals surface area (Å²) in [7, 11) is 0. The number of nitrogens with one attached hydrogen (secondary N) is 1. The molecule has 1 aromatic carbocycles. The number of benzene rings is 1. The zero-order valence-corrected chi connectivity index (χ0v) is 11.0. The van der Waals surface area contributed by atoms with E-state index < -0.39 is 5.97 Å². The summed E-state index contributed by atoms with van der Waals surface area (Å²) in [6, 6.07) is 3.66. The van der Waals surface area contributed by atoms with Crippen LogP contribution in [-0.2, 0) is 17.6 Å². The average molecular weight is 284 g/mol. The second-order valence-corrected chi connectivity index (χ2v) is 5.49. The van der Waals surface area contributed by atoms with Crippen LogP contribution in [0.5, 0.6) is 0 Å². The minimum Gasteiger partial charge on any atom is -0.481 e. The van der Waals surface area contributed by atoms with Gasteiger partial charge in [-0.25, -0.2) is 0 Å². The molecule has 3 rings (SSSR count). The summed E-state index contributed by atoms with van der Waals surface area (Å²) in [5, 5.41) is 11.2. The molecule has 2 aromatic rings. The van der Waals surface area contributed by atoms with E-state index in [0.717, 1.165) is 23.0 Å². The molecule has 2 N–H and O–H groups in total. The second-order valence-electron chi connectivity index (χ2n) is 4.67. The number of aryl methyl sites for hydroxylation is 1. The third-order valence-electron chi connectivity index (χ3n) is 3.58. The van der Waals surface area contributed by atoms with E-state index >= 15 is 0 Å². The Bertz CT molecular complexity index is 648. The summed E-state index contributed by atoms with van der Waals surface area (Å²) in [6.07, 6.45) is 1.99. The molecule has 0 saturated heterocycles. The first-order valence-electron chi connectivity index (χ1n) is 5.77. The van der Waals surface area contributed by atoms with E-state index in [1.165, 1.54) is 5.56 Å². The number of carboxylic acids is 1. The standard InChI is InChI=1S/C13H11Cl2NO2/c14-9-4-8-7-2-1-6(13(17)18)3-11(7)16-12(8)5-10(9)15/h4-6,16H,1-3H2,(H,17,18). The number of aromatic nitrogens is 1. The van der Waals surface area contributed by atoms with Gasteiger partial charge in [-0.3, -0.25) is 4.79 Å². The van der Waals surface area contributed by atoms with Crippen molar-refractivity contribution in [3.05, 3.63) is 33.4 Å². The van der Waals surface area contributed by atoms with Crippen molar-refractivity contribution < 1.29 is 9.90 Å². The number of rotatable bonds is 1. The summed E-state index contributed by atoms with van der Waals surface area (Å²) in [5.41, 5.74) is 3.11. The van der Waals surface area contributed by atoms with E-state index in [0.29, 0.717) is 22.9 Å². The Kier molecular flexibility index (Phi) is 2.76. The molecule has 1 aromatic heterocycles. The monoisotopic (exact) mass is 283 g/mol. The molecule has 0 radical (unpaired) electrons. The number of aromatic amines is 1. The molecular weight excluding hydrogens is 273 g/mol. The van der Waals surface area contributed by atoms with Crippen molar-refractivity contribution in [1.82, 2.24) is 4.98 Å². The lowest BCUT2D eigenvalue weighted by Gasteiger charge is -2.18. The lowest BCUT2D eigenvalue weighted by Crippen LogP contribution is -2.21. The van der Waals surface area contributed by atoms with Gasteiger partial charge in [-0.1, -0.05) is 23.2 Å². The molecule has 0 spiro atoms. The number of carbonyl (C=O) groups is 1. The Morgan fingerprint density at radius 3 is 2.78 bits per heavy atom. The van der Waals surface area contributed by atoms with Crippen LogP contribution in [0, 0.1) is 5.92 Å². The fourth-order valence-corrected chi connectivity index (χ4v) is 2.97. The summed E-state index contributed by atoms with van der Waals surface area (Å²) in [4.78, 5) is 14.3. The number of H-pyrrole nitrogens is 1. The van der Waals surface area contributed by atoms with Gasteiger partial charge in [-0.05, 0) is 30.5 Å². The molecule has 1 heterocycles. The predicted molar refractivity (Wildman–Crippen MR) is 71.5 cm³/mol. The van der Waals surface area contributed by atoms with Crippen LogP contribution in [0.2, 0.25) is 10.0 Å². The van der Waals surface area contributed by atoms with Gasteiger partial charge >= 0.3 is 5.97 Å². The summed E-state index contributed by atoms with van der Waals surface area (Å²) >= 11 is 12.0. The first-order chi connectivity index (χ1) is 8.56. The van der Waals surface area contributed by atoms with E-state index in [1.54, 1.807) is 6.07 Å². The van der Waals surface area contributed by atoms with Gasteiger partial charge in [0, 0.05) is 23.0 Å². The quantitative estimate of drug-likeness (QED) is 0.839. The van der Waals surface area contributed by atoms with E-state index in [1.807, 2.05) is 6.07 Å². The third kappa shape index (κ3) is 1.78. The molecule has 18 heavy (non-hydrogen) atoms. The Morgan fingerprint density at radius 2 is 2.06 bits per heavy atom. The van der Waals surface area contributed by atoms with Crippen LogP contribution >= 0.6 is 23.2 Å². The summed E-state index contributed by atoms with van der Waals surface area (Å²) in [6.45, 7) is 0. The first kappa shape index (κ1) is 11.9. The van der Waals surface area contributed by atoms with Crippen LogP contribution in [0.25, 0.3) is 10.9 Å². The topological polar surface area (TPSA) is 53.1 Å². The van der Waals surface area contributed by atoms with Crippen molar-refractivity contribution in [2.45, 2.75) is 19.3 Å². The number of carboxylic acid groups (broad SMARTS) is 1. The molecule has 1 atom stereocenters. The molecule has 0 amide bonds. The minimum absolute atomic E-state index is 0.295. The van der Waals surface area contributed by atoms with Crippen LogP contribution in [-0.4, -0.2) is 16.1 Å². The number of fused-ring (bicyclic) bond motifs is 3.